The van der Waals surface area contributed by atoms with E-state index in [4.69, 9.17) is 4.74 Å². The lowest BCUT2D eigenvalue weighted by Gasteiger charge is -2.05. The second-order valence-corrected chi connectivity index (χ2v) is 4.34. The molecule has 0 atom stereocenters. The van der Waals surface area contributed by atoms with E-state index in [1.54, 1.807) is 18.2 Å². The molecule has 18 heavy (non-hydrogen) atoms. The molecule has 0 radical (unpaired) electrons. The predicted octanol–water partition coefficient (Wildman–Crippen LogP) is 3.87. The van der Waals surface area contributed by atoms with Crippen LogP contribution < -0.4 is 4.74 Å². The molecular weight excluding hydrogens is 313 g/mol. The molecule has 3 nitrogen and oxygen atoms in total. The van der Waals surface area contributed by atoms with Crippen molar-refractivity contribution in [1.29, 1.82) is 0 Å². The number of hydrogen-bond acceptors (Lipinski definition) is 2. The van der Waals surface area contributed by atoms with Crippen LogP contribution in [-0.4, -0.2) is 17.1 Å². The number of nitrogens with one attached hydrogen (secondary N) is 1. The van der Waals surface area contributed by atoms with Crippen LogP contribution in [0.15, 0.2) is 28.9 Å². The molecule has 1 heterocycles. The molecule has 0 fully saturated rings. The van der Waals surface area contributed by atoms with Crippen molar-refractivity contribution in [2.45, 2.75) is 6.18 Å². The van der Waals surface area contributed by atoms with E-state index in [1.165, 1.54) is 7.11 Å². The number of H-pyrrole nitrogens is 1. The van der Waals surface area contributed by atoms with E-state index in [2.05, 4.69) is 25.9 Å². The second-order valence-electron chi connectivity index (χ2n) is 3.49. The van der Waals surface area contributed by atoms with Gasteiger partial charge >= 0.3 is 6.18 Å². The van der Waals surface area contributed by atoms with Gasteiger partial charge in [0.05, 0.1) is 13.3 Å². The maximum Gasteiger partial charge on any atom is 0.432 e. The van der Waals surface area contributed by atoms with E-state index < -0.39 is 11.9 Å². The monoisotopic (exact) mass is 320 g/mol. The van der Waals surface area contributed by atoms with E-state index in [0.29, 0.717) is 15.8 Å². The normalized spacial score (nSPS) is 11.6. The van der Waals surface area contributed by atoms with Gasteiger partial charge < -0.3 is 9.72 Å². The van der Waals surface area contributed by atoms with Gasteiger partial charge in [-0.3, -0.25) is 0 Å². The molecule has 0 unspecified atom stereocenters. The van der Waals surface area contributed by atoms with Crippen LogP contribution in [0.3, 0.4) is 0 Å². The summed E-state index contributed by atoms with van der Waals surface area (Å²) in [7, 11) is 1.48. The Morgan fingerprint density at radius 2 is 2.06 bits per heavy atom. The van der Waals surface area contributed by atoms with Gasteiger partial charge in [-0.1, -0.05) is 15.9 Å². The zero-order chi connectivity index (χ0) is 13.3. The molecule has 0 amide bonds. The Bertz CT molecular complexity index is 566. The van der Waals surface area contributed by atoms with Crippen molar-refractivity contribution < 1.29 is 17.9 Å². The van der Waals surface area contributed by atoms with E-state index in [1.807, 2.05) is 0 Å². The molecule has 0 spiro atoms. The number of rotatable bonds is 2. The molecule has 0 aliphatic rings. The number of methoxy groups -OCH3 is 1. The molecule has 0 saturated heterocycles. The number of aromatic nitrogens is 2. The SMILES string of the molecule is COc1ccc(Br)c(-c2ncc(C(F)(F)F)[nH]2)c1. The molecule has 2 aromatic rings. The first kappa shape index (κ1) is 12.9. The first-order valence-corrected chi connectivity index (χ1v) is 5.67. The van der Waals surface area contributed by atoms with Gasteiger partial charge in [0.1, 0.15) is 17.3 Å². The van der Waals surface area contributed by atoms with Crippen molar-refractivity contribution in [2.24, 2.45) is 0 Å². The fourth-order valence-electron chi connectivity index (χ4n) is 1.41. The smallest absolute Gasteiger partial charge is 0.432 e. The van der Waals surface area contributed by atoms with Crippen LogP contribution >= 0.6 is 15.9 Å². The average Bonchev–Trinajstić information content (AvgIpc) is 2.78. The Balaban J connectivity index is 2.45. The number of imidazole rings is 1. The first-order valence-electron chi connectivity index (χ1n) is 4.88. The molecule has 7 heteroatoms. The van der Waals surface area contributed by atoms with Gasteiger partial charge in [-0.25, -0.2) is 4.98 Å². The number of halogens is 4. The molecule has 96 valence electrons. The maximum absolute atomic E-state index is 12.5. The van der Waals surface area contributed by atoms with Gasteiger partial charge in [0.2, 0.25) is 0 Å². The van der Waals surface area contributed by atoms with Crippen molar-refractivity contribution >= 4 is 15.9 Å². The Hall–Kier alpha value is -1.50. The van der Waals surface area contributed by atoms with Crippen LogP contribution in [0.5, 0.6) is 5.75 Å². The number of alkyl halides is 3. The largest absolute Gasteiger partial charge is 0.497 e. The van der Waals surface area contributed by atoms with Crippen LogP contribution in [0.25, 0.3) is 11.4 Å². The summed E-state index contributed by atoms with van der Waals surface area (Å²) in [5.74, 6) is 0.672. The van der Waals surface area contributed by atoms with Crippen molar-refractivity contribution in [3.63, 3.8) is 0 Å². The van der Waals surface area contributed by atoms with Crippen molar-refractivity contribution in [3.8, 4) is 17.1 Å². The summed E-state index contributed by atoms with van der Waals surface area (Å²) < 4.78 is 43.0. The Kier molecular flexibility index (Phi) is 3.34. The zero-order valence-electron chi connectivity index (χ0n) is 9.18. The molecule has 1 aromatic carbocycles. The van der Waals surface area contributed by atoms with Gasteiger partial charge in [-0.05, 0) is 18.2 Å². The highest BCUT2D eigenvalue weighted by atomic mass is 79.9. The minimum absolute atomic E-state index is 0.133. The lowest BCUT2D eigenvalue weighted by molar-refractivity contribution is -0.140. The average molecular weight is 321 g/mol. The number of hydrogen-bond donors (Lipinski definition) is 1. The summed E-state index contributed by atoms with van der Waals surface area (Å²) in [6, 6.07) is 4.98. The van der Waals surface area contributed by atoms with Crippen molar-refractivity contribution in [3.05, 3.63) is 34.6 Å². The second kappa shape index (κ2) is 4.64. The Morgan fingerprint density at radius 1 is 1.33 bits per heavy atom. The highest BCUT2D eigenvalue weighted by Gasteiger charge is 2.33. The summed E-state index contributed by atoms with van der Waals surface area (Å²) in [6.45, 7) is 0. The van der Waals surface area contributed by atoms with Crippen LogP contribution in [0, 0.1) is 0 Å². The number of ether oxygens (including phenoxy) is 1. The predicted molar refractivity (Wildman–Crippen MR) is 63.3 cm³/mol. The Morgan fingerprint density at radius 3 is 2.61 bits per heavy atom. The van der Waals surface area contributed by atoms with Gasteiger partial charge in [-0.15, -0.1) is 0 Å². The molecule has 0 bridgehead atoms. The molecule has 2 rings (SSSR count). The summed E-state index contributed by atoms with van der Waals surface area (Å²) in [4.78, 5) is 5.97. The van der Waals surface area contributed by atoms with Gasteiger partial charge in [-0.2, -0.15) is 13.2 Å². The minimum Gasteiger partial charge on any atom is -0.497 e. The van der Waals surface area contributed by atoms with E-state index in [-0.39, 0.29) is 5.82 Å². The third kappa shape index (κ3) is 2.50. The summed E-state index contributed by atoms with van der Waals surface area (Å²) in [5.41, 5.74) is -0.378. The van der Waals surface area contributed by atoms with Crippen LogP contribution in [0.1, 0.15) is 5.69 Å². The molecule has 0 saturated carbocycles. The summed E-state index contributed by atoms with van der Waals surface area (Å²) >= 11 is 3.26. The molecule has 0 aliphatic heterocycles. The molecule has 1 N–H and O–H groups in total. The third-order valence-electron chi connectivity index (χ3n) is 2.31. The maximum atomic E-state index is 12.5. The van der Waals surface area contributed by atoms with Gasteiger partial charge in [0, 0.05) is 10.0 Å². The molecule has 1 aromatic heterocycles. The highest BCUT2D eigenvalue weighted by molar-refractivity contribution is 9.10. The standard InChI is InChI=1S/C11H8BrF3N2O/c1-18-6-2-3-8(12)7(4-6)10-16-5-9(17-10)11(13,14)15/h2-5H,1H3,(H,16,17). The van der Waals surface area contributed by atoms with Crippen LogP contribution in [-0.2, 0) is 6.18 Å². The van der Waals surface area contributed by atoms with Gasteiger partial charge in [0.25, 0.3) is 0 Å². The van der Waals surface area contributed by atoms with E-state index in [0.717, 1.165) is 6.20 Å². The van der Waals surface area contributed by atoms with E-state index >= 15 is 0 Å². The van der Waals surface area contributed by atoms with Crippen LogP contribution in [0.4, 0.5) is 13.2 Å². The number of benzene rings is 1. The number of nitrogens with zero attached hydrogens (tertiary/aromatic N) is 1. The zero-order valence-corrected chi connectivity index (χ0v) is 10.8. The van der Waals surface area contributed by atoms with Gasteiger partial charge in [0.15, 0.2) is 0 Å². The van der Waals surface area contributed by atoms with Crippen molar-refractivity contribution in [1.82, 2.24) is 9.97 Å². The fraction of sp³-hybridized carbons (Fsp3) is 0.182. The minimum atomic E-state index is -4.43. The van der Waals surface area contributed by atoms with Crippen LogP contribution in [0.2, 0.25) is 0 Å². The van der Waals surface area contributed by atoms with Crippen molar-refractivity contribution in [2.75, 3.05) is 7.11 Å². The molecular formula is C11H8BrF3N2O. The van der Waals surface area contributed by atoms with E-state index in [9.17, 15) is 13.2 Å². The lowest BCUT2D eigenvalue weighted by Crippen LogP contribution is -2.04. The lowest BCUT2D eigenvalue weighted by atomic mass is 10.2. The first-order chi connectivity index (χ1) is 8.41. The molecule has 0 aliphatic carbocycles. The number of aromatic amines is 1. The summed E-state index contributed by atoms with van der Waals surface area (Å²) in [6.07, 6.45) is -3.67. The topological polar surface area (TPSA) is 37.9 Å². The summed E-state index contributed by atoms with van der Waals surface area (Å²) in [5, 5.41) is 0. The quantitative estimate of drug-likeness (QED) is 0.912. The fourth-order valence-corrected chi connectivity index (χ4v) is 1.85. The Labute approximate surface area is 109 Å². The third-order valence-corrected chi connectivity index (χ3v) is 3.00. The highest BCUT2D eigenvalue weighted by Crippen LogP contribution is 2.33.